The van der Waals surface area contributed by atoms with Crippen molar-refractivity contribution in [3.63, 3.8) is 0 Å². The highest BCUT2D eigenvalue weighted by molar-refractivity contribution is 6.17. The summed E-state index contributed by atoms with van der Waals surface area (Å²) in [5.41, 5.74) is 0.659. The fraction of sp³-hybridized carbons (Fsp3) is 0.579. The van der Waals surface area contributed by atoms with Crippen molar-refractivity contribution in [1.29, 1.82) is 0 Å². The number of ether oxygens (including phenoxy) is 1. The van der Waals surface area contributed by atoms with E-state index in [0.29, 0.717) is 23.7 Å². The number of carbonyl (C=O) groups excluding carboxylic acids is 2. The molecule has 126 valence electrons. The van der Waals surface area contributed by atoms with Crippen LogP contribution in [-0.4, -0.2) is 17.6 Å². The highest BCUT2D eigenvalue weighted by Gasteiger charge is 2.27. The fourth-order valence-corrected chi connectivity index (χ4v) is 3.32. The first-order chi connectivity index (χ1) is 11.1. The zero-order valence-corrected chi connectivity index (χ0v) is 14.5. The maximum Gasteiger partial charge on any atom is 0.314 e. The minimum atomic E-state index is -0.143. The molecule has 4 heteroatoms. The molecule has 1 aromatic carbocycles. The van der Waals surface area contributed by atoms with Crippen molar-refractivity contribution in [2.45, 2.75) is 51.9 Å². The van der Waals surface area contributed by atoms with Crippen LogP contribution >= 0.6 is 11.6 Å². The third-order valence-corrected chi connectivity index (χ3v) is 4.91. The molecule has 0 unspecified atom stereocenters. The molecule has 0 saturated heterocycles. The summed E-state index contributed by atoms with van der Waals surface area (Å²) >= 11 is 5.73. The van der Waals surface area contributed by atoms with E-state index < -0.39 is 0 Å². The van der Waals surface area contributed by atoms with E-state index in [1.54, 1.807) is 24.3 Å². The SMILES string of the molecule is CCC(=O)c1ccc(OC(=O)C2CCC(CCCCl)CC2)cc1. The first-order valence-corrected chi connectivity index (χ1v) is 9.08. The summed E-state index contributed by atoms with van der Waals surface area (Å²) in [5.74, 6) is 1.90. The van der Waals surface area contributed by atoms with Gasteiger partial charge in [0, 0.05) is 17.9 Å². The second-order valence-electron chi connectivity index (χ2n) is 6.27. The Hall–Kier alpha value is -1.35. The lowest BCUT2D eigenvalue weighted by atomic mass is 9.80. The van der Waals surface area contributed by atoms with E-state index in [0.717, 1.165) is 44.4 Å². The van der Waals surface area contributed by atoms with Gasteiger partial charge in [-0.2, -0.15) is 0 Å². The van der Waals surface area contributed by atoms with E-state index in [2.05, 4.69) is 0 Å². The van der Waals surface area contributed by atoms with Crippen LogP contribution < -0.4 is 4.74 Å². The van der Waals surface area contributed by atoms with Gasteiger partial charge < -0.3 is 4.74 Å². The molecule has 23 heavy (non-hydrogen) atoms. The highest BCUT2D eigenvalue weighted by Crippen LogP contribution is 2.32. The zero-order chi connectivity index (χ0) is 16.7. The third kappa shape index (κ3) is 5.35. The molecule has 0 N–H and O–H groups in total. The van der Waals surface area contributed by atoms with E-state index in [4.69, 9.17) is 16.3 Å². The minimum absolute atomic E-state index is 0.000739. The summed E-state index contributed by atoms with van der Waals surface area (Å²) in [6.45, 7) is 1.83. The monoisotopic (exact) mass is 336 g/mol. The normalized spacial score (nSPS) is 21.0. The van der Waals surface area contributed by atoms with Crippen LogP contribution in [0.25, 0.3) is 0 Å². The first kappa shape index (κ1) is 18.0. The average molecular weight is 337 g/mol. The topological polar surface area (TPSA) is 43.4 Å². The van der Waals surface area contributed by atoms with E-state index in [1.807, 2.05) is 6.92 Å². The van der Waals surface area contributed by atoms with Gasteiger partial charge in [-0.15, -0.1) is 11.6 Å². The maximum atomic E-state index is 12.3. The van der Waals surface area contributed by atoms with Gasteiger partial charge in [-0.05, 0) is 68.7 Å². The Labute approximate surface area is 143 Å². The molecule has 0 amide bonds. The Morgan fingerprint density at radius 1 is 1.13 bits per heavy atom. The number of carbonyl (C=O) groups is 2. The van der Waals surface area contributed by atoms with Crippen molar-refractivity contribution < 1.29 is 14.3 Å². The Balaban J connectivity index is 1.82. The second-order valence-corrected chi connectivity index (χ2v) is 6.65. The number of ketones is 1. The lowest BCUT2D eigenvalue weighted by molar-refractivity contribution is -0.140. The third-order valence-electron chi connectivity index (χ3n) is 4.64. The molecule has 2 rings (SSSR count). The van der Waals surface area contributed by atoms with Crippen LogP contribution in [0.15, 0.2) is 24.3 Å². The molecule has 0 atom stereocenters. The van der Waals surface area contributed by atoms with Crippen molar-refractivity contribution in [3.8, 4) is 5.75 Å². The largest absolute Gasteiger partial charge is 0.426 e. The van der Waals surface area contributed by atoms with Crippen LogP contribution in [0.5, 0.6) is 5.75 Å². The van der Waals surface area contributed by atoms with Crippen molar-refractivity contribution in [2.75, 3.05) is 5.88 Å². The number of halogens is 1. The van der Waals surface area contributed by atoms with Crippen LogP contribution in [0.1, 0.15) is 62.2 Å². The summed E-state index contributed by atoms with van der Waals surface area (Å²) in [7, 11) is 0. The Kier molecular flexibility index (Phi) is 7.10. The van der Waals surface area contributed by atoms with Crippen molar-refractivity contribution >= 4 is 23.4 Å². The predicted octanol–water partition coefficient (Wildman–Crippen LogP) is 5.01. The van der Waals surface area contributed by atoms with E-state index in [1.165, 1.54) is 0 Å². The molecule has 0 spiro atoms. The van der Waals surface area contributed by atoms with Crippen LogP contribution in [0.4, 0.5) is 0 Å². The van der Waals surface area contributed by atoms with Gasteiger partial charge >= 0.3 is 5.97 Å². The van der Waals surface area contributed by atoms with Gasteiger partial charge in [-0.1, -0.05) is 6.92 Å². The summed E-state index contributed by atoms with van der Waals surface area (Å²) in [6.07, 6.45) is 6.67. The summed E-state index contributed by atoms with van der Waals surface area (Å²) in [4.78, 5) is 23.8. The maximum absolute atomic E-state index is 12.3. The molecule has 1 aromatic rings. The molecule has 1 aliphatic carbocycles. The Morgan fingerprint density at radius 3 is 2.35 bits per heavy atom. The van der Waals surface area contributed by atoms with Crippen molar-refractivity contribution in [1.82, 2.24) is 0 Å². The summed E-state index contributed by atoms with van der Waals surface area (Å²) in [6, 6.07) is 6.84. The lowest BCUT2D eigenvalue weighted by Gasteiger charge is -2.27. The number of hydrogen-bond acceptors (Lipinski definition) is 3. The van der Waals surface area contributed by atoms with Gasteiger partial charge in [0.1, 0.15) is 5.75 Å². The van der Waals surface area contributed by atoms with Crippen molar-refractivity contribution in [3.05, 3.63) is 29.8 Å². The second kappa shape index (κ2) is 9.07. The predicted molar refractivity (Wildman–Crippen MR) is 92.1 cm³/mol. The van der Waals surface area contributed by atoms with Crippen LogP contribution in [0.2, 0.25) is 0 Å². The van der Waals surface area contributed by atoms with Gasteiger partial charge in [0.25, 0.3) is 0 Å². The Morgan fingerprint density at radius 2 is 1.78 bits per heavy atom. The molecular weight excluding hydrogens is 312 g/mol. The van der Waals surface area contributed by atoms with Crippen molar-refractivity contribution in [2.24, 2.45) is 11.8 Å². The van der Waals surface area contributed by atoms with E-state index in [9.17, 15) is 9.59 Å². The minimum Gasteiger partial charge on any atom is -0.426 e. The number of alkyl halides is 1. The number of Topliss-reactive ketones (excluding diaryl/α,β-unsaturated/α-hetero) is 1. The number of rotatable bonds is 7. The Bertz CT molecular complexity index is 516. The van der Waals surface area contributed by atoms with Gasteiger partial charge in [0.05, 0.1) is 5.92 Å². The van der Waals surface area contributed by atoms with Crippen LogP contribution in [0, 0.1) is 11.8 Å². The standard InChI is InChI=1S/C19H25ClO3/c1-2-18(21)15-9-11-17(12-10-15)23-19(22)16-7-5-14(6-8-16)4-3-13-20/h9-12,14,16H,2-8,13H2,1H3. The van der Waals surface area contributed by atoms with E-state index in [-0.39, 0.29) is 17.7 Å². The molecule has 3 nitrogen and oxygen atoms in total. The molecule has 0 aliphatic heterocycles. The van der Waals surface area contributed by atoms with Gasteiger partial charge in [0.2, 0.25) is 0 Å². The number of hydrogen-bond donors (Lipinski definition) is 0. The first-order valence-electron chi connectivity index (χ1n) is 8.55. The molecule has 0 heterocycles. The van der Waals surface area contributed by atoms with Gasteiger partial charge in [-0.3, -0.25) is 9.59 Å². The number of esters is 1. The molecule has 1 saturated carbocycles. The van der Waals surface area contributed by atoms with Gasteiger partial charge in [-0.25, -0.2) is 0 Å². The van der Waals surface area contributed by atoms with E-state index >= 15 is 0 Å². The molecule has 1 fully saturated rings. The van der Waals surface area contributed by atoms with Crippen LogP contribution in [-0.2, 0) is 4.79 Å². The summed E-state index contributed by atoms with van der Waals surface area (Å²) < 4.78 is 5.47. The summed E-state index contributed by atoms with van der Waals surface area (Å²) in [5, 5.41) is 0. The fourth-order valence-electron chi connectivity index (χ4n) is 3.17. The molecule has 1 aliphatic rings. The molecule has 0 aromatic heterocycles. The molecular formula is C19H25ClO3. The molecule has 0 radical (unpaired) electrons. The van der Waals surface area contributed by atoms with Crippen LogP contribution in [0.3, 0.4) is 0 Å². The zero-order valence-electron chi connectivity index (χ0n) is 13.7. The smallest absolute Gasteiger partial charge is 0.314 e. The highest BCUT2D eigenvalue weighted by atomic mass is 35.5. The van der Waals surface area contributed by atoms with Gasteiger partial charge in [0.15, 0.2) is 5.78 Å². The quantitative estimate of drug-likeness (QED) is 0.304. The average Bonchev–Trinajstić information content (AvgIpc) is 2.60. The molecule has 0 bridgehead atoms. The number of benzene rings is 1. The lowest BCUT2D eigenvalue weighted by Crippen LogP contribution is -2.25.